The second-order valence-corrected chi connectivity index (χ2v) is 12.6. The molecule has 4 aromatic rings. The maximum Gasteiger partial charge on any atom is 0.179 e. The van der Waals surface area contributed by atoms with E-state index in [1.807, 2.05) is 0 Å². The van der Waals surface area contributed by atoms with Gasteiger partial charge in [-0.15, -0.1) is 0 Å². The van der Waals surface area contributed by atoms with Gasteiger partial charge in [-0.1, -0.05) is 91.8 Å². The molecule has 3 atom stereocenters. The van der Waals surface area contributed by atoms with E-state index >= 15 is 0 Å². The van der Waals surface area contributed by atoms with Gasteiger partial charge in [-0.2, -0.15) is 0 Å². The lowest BCUT2D eigenvalue weighted by atomic mass is 9.55. The van der Waals surface area contributed by atoms with Crippen molar-refractivity contribution in [3.63, 3.8) is 0 Å². The molecule has 0 saturated carbocycles. The summed E-state index contributed by atoms with van der Waals surface area (Å²) in [6.45, 7) is 18.8. The SMILES string of the molecule is CCC1(C)c2cc(C(C)C)ccc2N2c3nc4ccccc4nc3N(c3ccc(C(C)C)cc3)C2C1(C)CC. The van der Waals surface area contributed by atoms with E-state index in [4.69, 9.17) is 9.97 Å². The maximum absolute atomic E-state index is 5.31. The van der Waals surface area contributed by atoms with Crippen LogP contribution in [0, 0.1) is 5.41 Å². The summed E-state index contributed by atoms with van der Waals surface area (Å²) in [7, 11) is 0. The largest absolute Gasteiger partial charge is 0.301 e. The standard InChI is InChI=1S/C35H42N4/c1-9-34(7)27-21-25(23(5)6)17-20-30(27)39-32-31(36-28-13-11-12-14-29(28)37-32)38(33(39)35(34,8)10-2)26-18-15-24(16-19-26)22(3)4/h11-23,33H,9-10H2,1-8H3. The van der Waals surface area contributed by atoms with Gasteiger partial charge in [-0.05, 0) is 71.7 Å². The molecule has 202 valence electrons. The van der Waals surface area contributed by atoms with Crippen LogP contribution in [0.5, 0.6) is 0 Å². The summed E-state index contributed by atoms with van der Waals surface area (Å²) in [6, 6.07) is 24.6. The number of aromatic nitrogens is 2. The van der Waals surface area contributed by atoms with Gasteiger partial charge in [0.15, 0.2) is 11.6 Å². The molecule has 0 fully saturated rings. The Morgan fingerprint density at radius 2 is 1.28 bits per heavy atom. The molecular formula is C35H42N4. The van der Waals surface area contributed by atoms with E-state index < -0.39 is 0 Å². The number of hydrogen-bond donors (Lipinski definition) is 0. The van der Waals surface area contributed by atoms with Crippen LogP contribution >= 0.6 is 0 Å². The molecule has 0 saturated heterocycles. The van der Waals surface area contributed by atoms with Crippen molar-refractivity contribution in [1.29, 1.82) is 0 Å². The predicted octanol–water partition coefficient (Wildman–Crippen LogP) is 9.59. The fourth-order valence-corrected chi connectivity index (χ4v) is 7.08. The third-order valence-corrected chi connectivity index (χ3v) is 10.1. The summed E-state index contributed by atoms with van der Waals surface area (Å²) < 4.78 is 0. The molecular weight excluding hydrogens is 476 g/mol. The molecule has 0 spiro atoms. The van der Waals surface area contributed by atoms with Crippen LogP contribution in [-0.4, -0.2) is 16.1 Å². The predicted molar refractivity (Wildman–Crippen MR) is 165 cm³/mol. The van der Waals surface area contributed by atoms with Gasteiger partial charge < -0.3 is 9.80 Å². The Hall–Kier alpha value is -3.40. The highest BCUT2D eigenvalue weighted by atomic mass is 15.5. The normalized spacial score (nSPS) is 23.9. The highest BCUT2D eigenvalue weighted by molar-refractivity contribution is 5.91. The van der Waals surface area contributed by atoms with Crippen molar-refractivity contribution in [2.45, 2.75) is 91.6 Å². The fourth-order valence-electron chi connectivity index (χ4n) is 7.08. The van der Waals surface area contributed by atoms with E-state index in [9.17, 15) is 0 Å². The average molecular weight is 519 g/mol. The molecule has 39 heavy (non-hydrogen) atoms. The molecule has 0 aliphatic carbocycles. The smallest absolute Gasteiger partial charge is 0.179 e. The number of fused-ring (bicyclic) bond motifs is 6. The summed E-state index contributed by atoms with van der Waals surface area (Å²) in [5.74, 6) is 2.89. The Balaban J connectivity index is 1.68. The quantitative estimate of drug-likeness (QED) is 0.263. The van der Waals surface area contributed by atoms with Crippen LogP contribution in [0.15, 0.2) is 66.7 Å². The molecule has 6 rings (SSSR count). The summed E-state index contributed by atoms with van der Waals surface area (Å²) in [5.41, 5.74) is 8.42. The topological polar surface area (TPSA) is 32.3 Å². The molecule has 3 aromatic carbocycles. The van der Waals surface area contributed by atoms with Crippen molar-refractivity contribution in [3.8, 4) is 0 Å². The lowest BCUT2D eigenvalue weighted by Gasteiger charge is -2.58. The molecule has 1 aromatic heterocycles. The zero-order valence-corrected chi connectivity index (χ0v) is 24.8. The molecule has 2 aliphatic rings. The van der Waals surface area contributed by atoms with Gasteiger partial charge in [0.1, 0.15) is 6.17 Å². The molecule has 0 N–H and O–H groups in total. The second kappa shape index (κ2) is 9.08. The molecule has 0 bridgehead atoms. The number of rotatable bonds is 5. The zero-order chi connectivity index (χ0) is 27.7. The zero-order valence-electron chi connectivity index (χ0n) is 24.8. The first-order valence-corrected chi connectivity index (χ1v) is 14.7. The van der Waals surface area contributed by atoms with Gasteiger partial charge in [0.25, 0.3) is 0 Å². The van der Waals surface area contributed by atoms with E-state index in [-0.39, 0.29) is 17.0 Å². The Morgan fingerprint density at radius 3 is 1.82 bits per heavy atom. The molecule has 4 nitrogen and oxygen atoms in total. The number of para-hydroxylation sites is 2. The number of anilines is 4. The van der Waals surface area contributed by atoms with Crippen LogP contribution in [-0.2, 0) is 5.41 Å². The number of nitrogens with zero attached hydrogens (tertiary/aromatic N) is 4. The molecule has 0 amide bonds. The van der Waals surface area contributed by atoms with Gasteiger partial charge in [-0.25, -0.2) is 9.97 Å². The number of benzene rings is 3. The minimum atomic E-state index is -0.0738. The van der Waals surface area contributed by atoms with Gasteiger partial charge in [-0.3, -0.25) is 0 Å². The van der Waals surface area contributed by atoms with Crippen LogP contribution in [0.4, 0.5) is 23.0 Å². The molecule has 4 heteroatoms. The number of hydrogen-bond acceptors (Lipinski definition) is 4. The van der Waals surface area contributed by atoms with Crippen molar-refractivity contribution < 1.29 is 0 Å². The average Bonchev–Trinajstić information content (AvgIpc) is 3.28. The third kappa shape index (κ3) is 3.56. The van der Waals surface area contributed by atoms with Crippen molar-refractivity contribution in [1.82, 2.24) is 9.97 Å². The minimum absolute atomic E-state index is 0.0270. The lowest BCUT2D eigenvalue weighted by Crippen LogP contribution is -2.62. The monoisotopic (exact) mass is 518 g/mol. The Kier molecular flexibility index (Phi) is 6.02. The van der Waals surface area contributed by atoms with Gasteiger partial charge in [0.05, 0.1) is 11.0 Å². The first-order chi connectivity index (χ1) is 18.6. The van der Waals surface area contributed by atoms with Crippen molar-refractivity contribution in [2.24, 2.45) is 5.41 Å². The molecule has 3 heterocycles. The van der Waals surface area contributed by atoms with Crippen LogP contribution in [0.2, 0.25) is 0 Å². The highest BCUT2D eigenvalue weighted by Gasteiger charge is 2.61. The lowest BCUT2D eigenvalue weighted by molar-refractivity contribution is 0.0962. The summed E-state index contributed by atoms with van der Waals surface area (Å²) >= 11 is 0. The minimum Gasteiger partial charge on any atom is -0.301 e. The first-order valence-electron chi connectivity index (χ1n) is 14.7. The Labute approximate surface area is 234 Å². The molecule has 2 aliphatic heterocycles. The maximum atomic E-state index is 5.31. The fraction of sp³-hybridized carbons (Fsp3) is 0.429. The van der Waals surface area contributed by atoms with Crippen LogP contribution in [0.1, 0.15) is 96.8 Å². The van der Waals surface area contributed by atoms with E-state index in [0.29, 0.717) is 11.8 Å². The van der Waals surface area contributed by atoms with E-state index in [1.165, 1.54) is 28.1 Å². The van der Waals surface area contributed by atoms with E-state index in [2.05, 4.69) is 132 Å². The van der Waals surface area contributed by atoms with E-state index in [1.54, 1.807) is 0 Å². The highest BCUT2D eigenvalue weighted by Crippen LogP contribution is 2.64. The molecule has 3 unspecified atom stereocenters. The van der Waals surface area contributed by atoms with Gasteiger partial charge >= 0.3 is 0 Å². The summed E-state index contributed by atoms with van der Waals surface area (Å²) in [4.78, 5) is 15.6. The molecule has 0 radical (unpaired) electrons. The second-order valence-electron chi connectivity index (χ2n) is 12.6. The van der Waals surface area contributed by atoms with Gasteiger partial charge in [0, 0.05) is 22.2 Å². The Bertz CT molecular complexity index is 1540. The summed E-state index contributed by atoms with van der Waals surface area (Å²) in [5, 5.41) is 0. The summed E-state index contributed by atoms with van der Waals surface area (Å²) in [6.07, 6.45) is 2.16. The first kappa shape index (κ1) is 25.9. The Morgan fingerprint density at radius 1 is 0.718 bits per heavy atom. The van der Waals surface area contributed by atoms with Crippen molar-refractivity contribution >= 4 is 34.0 Å². The van der Waals surface area contributed by atoms with E-state index in [0.717, 1.165) is 35.5 Å². The van der Waals surface area contributed by atoms with Crippen LogP contribution in [0.25, 0.3) is 11.0 Å². The van der Waals surface area contributed by atoms with Crippen LogP contribution in [0.3, 0.4) is 0 Å². The van der Waals surface area contributed by atoms with Crippen LogP contribution < -0.4 is 9.80 Å². The van der Waals surface area contributed by atoms with Crippen molar-refractivity contribution in [2.75, 3.05) is 9.80 Å². The third-order valence-electron chi connectivity index (χ3n) is 10.1. The van der Waals surface area contributed by atoms with Crippen molar-refractivity contribution in [3.05, 3.63) is 83.4 Å². The van der Waals surface area contributed by atoms with Gasteiger partial charge in [0.2, 0.25) is 0 Å².